The molecule has 0 amide bonds. The molecule has 1 aromatic heterocycles. The molecule has 34 heavy (non-hydrogen) atoms. The van der Waals surface area contributed by atoms with Crippen molar-refractivity contribution >= 4 is 48.1 Å². The highest BCUT2D eigenvalue weighted by Crippen LogP contribution is 2.40. The van der Waals surface area contributed by atoms with E-state index in [1.54, 1.807) is 0 Å². The van der Waals surface area contributed by atoms with Crippen molar-refractivity contribution in [2.45, 2.75) is 44.9 Å². The number of ether oxygens (including phenoxy) is 1. The molecule has 188 valence electrons. The number of hydrogen-bond donors (Lipinski definition) is 2. The van der Waals surface area contributed by atoms with Crippen molar-refractivity contribution < 1.29 is 9.84 Å². The molecule has 0 bridgehead atoms. The Morgan fingerprint density at radius 3 is 2.47 bits per heavy atom. The van der Waals surface area contributed by atoms with Crippen LogP contribution in [0.1, 0.15) is 41.2 Å². The number of halogens is 3. The Kier molecular flexibility index (Phi) is 10.1. The largest absolute Gasteiger partial charge is 0.507 e. The number of nitrogens with two attached hydrogens (primary N) is 1. The highest BCUT2D eigenvalue weighted by atomic mass is 35.5. The van der Waals surface area contributed by atoms with Crippen molar-refractivity contribution in [3.63, 3.8) is 0 Å². The zero-order valence-corrected chi connectivity index (χ0v) is 22.2. The van der Waals surface area contributed by atoms with Gasteiger partial charge in [-0.05, 0) is 61.5 Å². The maximum Gasteiger partial charge on any atom is 0.122 e. The zero-order chi connectivity index (χ0) is 21.5. The first-order chi connectivity index (χ1) is 15.0. The number of phenolic OH excluding ortho intramolecular Hbond substituents is 1. The van der Waals surface area contributed by atoms with Crippen LogP contribution in [0.5, 0.6) is 5.75 Å². The van der Waals surface area contributed by atoms with Crippen LogP contribution < -0.4 is 5.73 Å². The number of nitrogens with zero attached hydrogens (tertiary/aromatic N) is 2. The summed E-state index contributed by atoms with van der Waals surface area (Å²) in [5.74, 6) is 0.934. The molecular formula is C26H36Cl3N3O2. The minimum absolute atomic E-state index is 0. The lowest BCUT2D eigenvalue weighted by molar-refractivity contribution is -0.0651. The predicted octanol–water partition coefficient (Wildman–Crippen LogP) is 5.31. The maximum absolute atomic E-state index is 10.7. The molecule has 2 aromatic carbocycles. The van der Waals surface area contributed by atoms with Crippen molar-refractivity contribution in [1.82, 2.24) is 9.47 Å². The Bertz CT molecular complexity index is 1100. The van der Waals surface area contributed by atoms with Crippen molar-refractivity contribution in [2.75, 3.05) is 19.6 Å². The minimum Gasteiger partial charge on any atom is -0.507 e. The molecular weight excluding hydrogens is 493 g/mol. The molecule has 5 nitrogen and oxygen atoms in total. The van der Waals surface area contributed by atoms with Crippen molar-refractivity contribution in [1.29, 1.82) is 0 Å². The first-order valence-electron chi connectivity index (χ1n) is 11.5. The van der Waals surface area contributed by atoms with E-state index in [4.69, 9.17) is 10.5 Å². The fraction of sp³-hybridized carbons (Fsp3) is 0.462. The van der Waals surface area contributed by atoms with E-state index >= 15 is 0 Å². The van der Waals surface area contributed by atoms with Gasteiger partial charge in [-0.25, -0.2) is 0 Å². The molecule has 2 atom stereocenters. The monoisotopic (exact) mass is 527 g/mol. The quantitative estimate of drug-likeness (QED) is 0.482. The summed E-state index contributed by atoms with van der Waals surface area (Å²) in [6.07, 6.45) is 5.31. The van der Waals surface area contributed by atoms with Crippen molar-refractivity contribution in [3.8, 4) is 5.75 Å². The normalized spacial score (nSPS) is 20.7. The van der Waals surface area contributed by atoms with Crippen LogP contribution >= 0.6 is 37.2 Å². The van der Waals surface area contributed by atoms with Crippen LogP contribution in [-0.4, -0.2) is 40.3 Å². The molecule has 0 radical (unpaired) electrons. The molecule has 1 fully saturated rings. The summed E-state index contributed by atoms with van der Waals surface area (Å²) in [5.41, 5.74) is 11.8. The second-order valence-corrected chi connectivity index (χ2v) is 9.30. The highest BCUT2D eigenvalue weighted by molar-refractivity contribution is 5.86. The first-order valence-corrected chi connectivity index (χ1v) is 11.5. The first kappa shape index (κ1) is 28.8. The lowest BCUT2D eigenvalue weighted by Crippen LogP contribution is -2.41. The average Bonchev–Trinajstić information content (AvgIpc) is 3.11. The minimum atomic E-state index is -0.117. The molecule has 2 aliphatic heterocycles. The van der Waals surface area contributed by atoms with Crippen LogP contribution in [0.25, 0.3) is 10.9 Å². The summed E-state index contributed by atoms with van der Waals surface area (Å²) in [5, 5.41) is 12.0. The van der Waals surface area contributed by atoms with Gasteiger partial charge in [0.1, 0.15) is 5.75 Å². The smallest absolute Gasteiger partial charge is 0.122 e. The molecule has 3 aromatic rings. The summed E-state index contributed by atoms with van der Waals surface area (Å²) in [7, 11) is 2.13. The van der Waals surface area contributed by atoms with Crippen LogP contribution in [0.3, 0.4) is 0 Å². The Hall–Kier alpha value is -1.47. The van der Waals surface area contributed by atoms with E-state index in [1.165, 1.54) is 16.5 Å². The maximum atomic E-state index is 10.7. The van der Waals surface area contributed by atoms with Crippen LogP contribution in [0.4, 0.5) is 0 Å². The molecule has 0 unspecified atom stereocenters. The number of phenols is 1. The number of piperidine rings is 1. The molecule has 3 heterocycles. The standard InChI is InChI=1S/C26H33N3O2.3ClH/c1-17-7-8-21-22(26(17)30)13-24(31-25(21)14-27)18-9-11-29(12-10-18)16-19-15-28(2)23-6-4-3-5-20(19)23;;;/h3-8,15,18,24-25,30H,9-14,16,27H2,1-2H3;3*1H/t24-,25-;;;/m0.../s1. The predicted molar refractivity (Wildman–Crippen MR) is 146 cm³/mol. The van der Waals surface area contributed by atoms with Gasteiger partial charge < -0.3 is 20.1 Å². The van der Waals surface area contributed by atoms with Gasteiger partial charge in [0.2, 0.25) is 0 Å². The number of likely N-dealkylation sites (tertiary alicyclic amines) is 1. The number of aromatic nitrogens is 1. The van der Waals surface area contributed by atoms with Gasteiger partial charge in [0, 0.05) is 49.2 Å². The molecule has 3 N–H and O–H groups in total. The second-order valence-electron chi connectivity index (χ2n) is 9.30. The van der Waals surface area contributed by atoms with Gasteiger partial charge in [-0.2, -0.15) is 0 Å². The van der Waals surface area contributed by atoms with Gasteiger partial charge in [0.05, 0.1) is 12.2 Å². The Morgan fingerprint density at radius 2 is 1.76 bits per heavy atom. The number of para-hydroxylation sites is 1. The second kappa shape index (κ2) is 12.0. The molecule has 5 rings (SSSR count). The van der Waals surface area contributed by atoms with Gasteiger partial charge in [-0.1, -0.05) is 30.3 Å². The molecule has 8 heteroatoms. The molecule has 2 aliphatic rings. The Morgan fingerprint density at radius 1 is 1.06 bits per heavy atom. The van der Waals surface area contributed by atoms with E-state index in [9.17, 15) is 5.11 Å². The van der Waals surface area contributed by atoms with Crippen LogP contribution in [0.2, 0.25) is 0 Å². The number of aromatic hydroxyl groups is 1. The van der Waals surface area contributed by atoms with Crippen LogP contribution in [0, 0.1) is 12.8 Å². The Labute approximate surface area is 220 Å². The molecule has 0 saturated carbocycles. The Balaban J connectivity index is 0.00000136. The molecule has 0 spiro atoms. The van der Waals surface area contributed by atoms with E-state index in [2.05, 4.69) is 53.0 Å². The summed E-state index contributed by atoms with van der Waals surface area (Å²) >= 11 is 0. The number of aryl methyl sites for hydroxylation is 2. The summed E-state index contributed by atoms with van der Waals surface area (Å²) < 4.78 is 8.68. The number of hydrogen-bond acceptors (Lipinski definition) is 4. The van der Waals surface area contributed by atoms with Crippen molar-refractivity contribution in [2.24, 2.45) is 18.7 Å². The van der Waals surface area contributed by atoms with E-state index < -0.39 is 0 Å². The topological polar surface area (TPSA) is 63.6 Å². The van der Waals surface area contributed by atoms with Crippen LogP contribution in [-0.2, 0) is 24.8 Å². The van der Waals surface area contributed by atoms with Gasteiger partial charge in [0.15, 0.2) is 0 Å². The fourth-order valence-corrected chi connectivity index (χ4v) is 5.55. The SMILES string of the molecule is Cc1ccc2c(c1O)C[C@@H](C1CCN(Cc3cn(C)c4ccccc34)CC1)O[C@H]2CN.Cl.Cl.Cl. The highest BCUT2D eigenvalue weighted by Gasteiger charge is 2.35. The van der Waals surface area contributed by atoms with Gasteiger partial charge >= 0.3 is 0 Å². The van der Waals surface area contributed by atoms with Gasteiger partial charge in [-0.3, -0.25) is 4.90 Å². The summed E-state index contributed by atoms with van der Waals surface area (Å²) in [6.45, 7) is 5.56. The third kappa shape index (κ3) is 5.35. The number of rotatable bonds is 4. The lowest BCUT2D eigenvalue weighted by atomic mass is 9.83. The zero-order valence-electron chi connectivity index (χ0n) is 19.8. The van der Waals surface area contributed by atoms with E-state index in [0.717, 1.165) is 55.6 Å². The molecule has 1 saturated heterocycles. The lowest BCUT2D eigenvalue weighted by Gasteiger charge is -2.40. The van der Waals surface area contributed by atoms with E-state index in [1.807, 2.05) is 13.0 Å². The van der Waals surface area contributed by atoms with E-state index in [0.29, 0.717) is 18.2 Å². The summed E-state index contributed by atoms with van der Waals surface area (Å²) in [4.78, 5) is 2.57. The van der Waals surface area contributed by atoms with Gasteiger partial charge in [0.25, 0.3) is 0 Å². The van der Waals surface area contributed by atoms with Crippen LogP contribution in [0.15, 0.2) is 42.6 Å². The molecule has 0 aliphatic carbocycles. The summed E-state index contributed by atoms with van der Waals surface area (Å²) in [6, 6.07) is 12.7. The fourth-order valence-electron chi connectivity index (χ4n) is 5.55. The number of benzene rings is 2. The average molecular weight is 529 g/mol. The van der Waals surface area contributed by atoms with E-state index in [-0.39, 0.29) is 49.4 Å². The van der Waals surface area contributed by atoms with Gasteiger partial charge in [-0.15, -0.1) is 37.2 Å². The third-order valence-electron chi connectivity index (χ3n) is 7.36. The van der Waals surface area contributed by atoms with Crippen molar-refractivity contribution in [3.05, 3.63) is 64.8 Å². The third-order valence-corrected chi connectivity index (χ3v) is 7.36. The number of fused-ring (bicyclic) bond motifs is 2.